The van der Waals surface area contributed by atoms with Crippen molar-refractivity contribution in [2.75, 3.05) is 0 Å². The minimum absolute atomic E-state index is 0. The fourth-order valence-corrected chi connectivity index (χ4v) is 1.30. The van der Waals surface area contributed by atoms with Crippen molar-refractivity contribution >= 4 is 29.2 Å². The topological polar surface area (TPSA) is 60.9 Å². The molecule has 4 nitrogen and oxygen atoms in total. The molecule has 14 heavy (non-hydrogen) atoms. The summed E-state index contributed by atoms with van der Waals surface area (Å²) in [5, 5.41) is 5.11. The first kappa shape index (κ1) is 10.5. The molecule has 0 spiro atoms. The van der Waals surface area contributed by atoms with Gasteiger partial charge in [0.05, 0.1) is 5.52 Å². The lowest BCUT2D eigenvalue weighted by atomic mass is 10.1. The Hall–Kier alpha value is -1.55. The number of halogens is 1. The van der Waals surface area contributed by atoms with Gasteiger partial charge in [0.1, 0.15) is 0 Å². The zero-order valence-electron chi connectivity index (χ0n) is 7.60. The lowest BCUT2D eigenvalue weighted by Gasteiger charge is -1.92. The van der Waals surface area contributed by atoms with Crippen LogP contribution in [-0.2, 0) is 7.05 Å². The second kappa shape index (κ2) is 3.67. The summed E-state index contributed by atoms with van der Waals surface area (Å²) in [4.78, 5) is 10.8. The fourth-order valence-electron chi connectivity index (χ4n) is 1.30. The van der Waals surface area contributed by atoms with E-state index in [1.165, 1.54) is 0 Å². The van der Waals surface area contributed by atoms with Crippen molar-refractivity contribution in [1.82, 2.24) is 9.78 Å². The summed E-state index contributed by atoms with van der Waals surface area (Å²) < 4.78 is 1.70. The van der Waals surface area contributed by atoms with Crippen molar-refractivity contribution in [3.63, 3.8) is 0 Å². The second-order valence-electron chi connectivity index (χ2n) is 2.94. The van der Waals surface area contributed by atoms with Crippen LogP contribution in [0.4, 0.5) is 0 Å². The molecule has 0 fully saturated rings. The Morgan fingerprint density at radius 1 is 1.50 bits per heavy atom. The van der Waals surface area contributed by atoms with E-state index in [-0.39, 0.29) is 12.4 Å². The zero-order valence-corrected chi connectivity index (χ0v) is 8.41. The van der Waals surface area contributed by atoms with E-state index in [0.29, 0.717) is 5.56 Å². The second-order valence-corrected chi connectivity index (χ2v) is 2.94. The Morgan fingerprint density at radius 3 is 2.86 bits per heavy atom. The molecule has 1 amide bonds. The number of fused-ring (bicyclic) bond motifs is 1. The molecule has 2 N–H and O–H groups in total. The highest BCUT2D eigenvalue weighted by Gasteiger charge is 2.03. The lowest BCUT2D eigenvalue weighted by molar-refractivity contribution is 0.100. The van der Waals surface area contributed by atoms with Gasteiger partial charge in [-0.2, -0.15) is 5.10 Å². The summed E-state index contributed by atoms with van der Waals surface area (Å²) in [7, 11) is 1.84. The van der Waals surface area contributed by atoms with Gasteiger partial charge in [0.25, 0.3) is 0 Å². The third-order valence-electron chi connectivity index (χ3n) is 1.90. The molecule has 74 valence electrons. The molecule has 5 heteroatoms. The van der Waals surface area contributed by atoms with Crippen molar-refractivity contribution in [1.29, 1.82) is 0 Å². The molecule has 0 atom stereocenters. The van der Waals surface area contributed by atoms with Gasteiger partial charge < -0.3 is 5.73 Å². The predicted octanol–water partition coefficient (Wildman–Crippen LogP) is 1.09. The zero-order chi connectivity index (χ0) is 9.42. The molecule has 0 radical (unpaired) electrons. The molecule has 2 rings (SSSR count). The molecule has 0 aliphatic carbocycles. The minimum atomic E-state index is -0.411. The Labute approximate surface area is 87.1 Å². The maximum Gasteiger partial charge on any atom is 0.248 e. The van der Waals surface area contributed by atoms with E-state index >= 15 is 0 Å². The first-order valence-corrected chi connectivity index (χ1v) is 3.90. The molecule has 1 heterocycles. The van der Waals surface area contributed by atoms with E-state index in [1.807, 2.05) is 13.2 Å². The molecule has 1 aromatic heterocycles. The summed E-state index contributed by atoms with van der Waals surface area (Å²) in [6.07, 6.45) is 1.85. The molecule has 0 saturated carbocycles. The predicted molar refractivity (Wildman–Crippen MR) is 56.5 cm³/mol. The highest BCUT2D eigenvalue weighted by atomic mass is 35.5. The molecule has 2 aromatic rings. The number of nitrogens with two attached hydrogens (primary N) is 1. The maximum atomic E-state index is 10.8. The number of nitrogens with zero attached hydrogens (tertiary/aromatic N) is 2. The van der Waals surface area contributed by atoms with E-state index in [0.717, 1.165) is 10.9 Å². The minimum Gasteiger partial charge on any atom is -0.366 e. The standard InChI is InChI=1S/C9H9N3O.ClH/c1-12-5-7-4-6(9(10)13)2-3-8(7)11-12;/h2-5H,1H3,(H2,10,13);1H. The van der Waals surface area contributed by atoms with Gasteiger partial charge >= 0.3 is 0 Å². The number of carbonyl (C=O) groups is 1. The summed E-state index contributed by atoms with van der Waals surface area (Å²) in [6, 6.07) is 5.21. The van der Waals surface area contributed by atoms with Crippen molar-refractivity contribution in [2.45, 2.75) is 0 Å². The van der Waals surface area contributed by atoms with Crippen LogP contribution in [0.15, 0.2) is 24.4 Å². The molecular weight excluding hydrogens is 202 g/mol. The number of aromatic nitrogens is 2. The van der Waals surface area contributed by atoms with Crippen molar-refractivity contribution in [3.8, 4) is 0 Å². The number of hydrogen-bond acceptors (Lipinski definition) is 2. The molecular formula is C9H10ClN3O. The van der Waals surface area contributed by atoms with Gasteiger partial charge in [-0.1, -0.05) is 0 Å². The SMILES string of the molecule is Cl.Cn1cc2cc(C(N)=O)ccc2n1. The van der Waals surface area contributed by atoms with Crippen LogP contribution in [0.5, 0.6) is 0 Å². The van der Waals surface area contributed by atoms with Crippen molar-refractivity contribution < 1.29 is 4.79 Å². The first-order valence-electron chi connectivity index (χ1n) is 3.90. The van der Waals surface area contributed by atoms with E-state index in [1.54, 1.807) is 22.9 Å². The van der Waals surface area contributed by atoms with E-state index < -0.39 is 5.91 Å². The van der Waals surface area contributed by atoms with Gasteiger partial charge in [-0.05, 0) is 18.2 Å². The summed E-state index contributed by atoms with van der Waals surface area (Å²) in [5.74, 6) is -0.411. The number of amides is 1. The van der Waals surface area contributed by atoms with Gasteiger partial charge in [0.15, 0.2) is 0 Å². The van der Waals surface area contributed by atoms with Gasteiger partial charge in [-0.3, -0.25) is 9.48 Å². The van der Waals surface area contributed by atoms with Crippen LogP contribution < -0.4 is 5.73 Å². The van der Waals surface area contributed by atoms with Crippen LogP contribution in [-0.4, -0.2) is 15.7 Å². The van der Waals surface area contributed by atoms with Crippen molar-refractivity contribution in [3.05, 3.63) is 30.0 Å². The van der Waals surface area contributed by atoms with Gasteiger partial charge in [0, 0.05) is 24.2 Å². The van der Waals surface area contributed by atoms with Crippen LogP contribution >= 0.6 is 12.4 Å². The number of rotatable bonds is 1. The Bertz CT molecular complexity index is 478. The van der Waals surface area contributed by atoms with Crippen LogP contribution in [0, 0.1) is 0 Å². The highest BCUT2D eigenvalue weighted by Crippen LogP contribution is 2.13. The largest absolute Gasteiger partial charge is 0.366 e. The van der Waals surface area contributed by atoms with Gasteiger partial charge in [0.2, 0.25) is 5.91 Å². The van der Waals surface area contributed by atoms with Crippen LogP contribution in [0.1, 0.15) is 10.4 Å². The average Bonchev–Trinajstić information content (AvgIpc) is 2.42. The third kappa shape index (κ3) is 1.70. The molecule has 0 aliphatic rings. The van der Waals surface area contributed by atoms with E-state index in [2.05, 4.69) is 5.10 Å². The third-order valence-corrected chi connectivity index (χ3v) is 1.90. The summed E-state index contributed by atoms with van der Waals surface area (Å²) in [5.41, 5.74) is 6.53. The summed E-state index contributed by atoms with van der Waals surface area (Å²) in [6.45, 7) is 0. The maximum absolute atomic E-state index is 10.8. The Balaban J connectivity index is 0.000000980. The van der Waals surface area contributed by atoms with Crippen LogP contribution in [0.25, 0.3) is 10.9 Å². The molecule has 0 unspecified atom stereocenters. The van der Waals surface area contributed by atoms with Crippen LogP contribution in [0.2, 0.25) is 0 Å². The number of hydrogen-bond donors (Lipinski definition) is 1. The Kier molecular flexibility index (Phi) is 2.76. The van der Waals surface area contributed by atoms with E-state index in [4.69, 9.17) is 5.73 Å². The van der Waals surface area contributed by atoms with Crippen LogP contribution in [0.3, 0.4) is 0 Å². The number of aryl methyl sites for hydroxylation is 1. The molecule has 1 aromatic carbocycles. The highest BCUT2D eigenvalue weighted by molar-refractivity contribution is 5.96. The molecule has 0 saturated heterocycles. The first-order chi connectivity index (χ1) is 6.16. The smallest absolute Gasteiger partial charge is 0.248 e. The van der Waals surface area contributed by atoms with Gasteiger partial charge in [-0.25, -0.2) is 0 Å². The molecule has 0 aliphatic heterocycles. The van der Waals surface area contributed by atoms with Gasteiger partial charge in [-0.15, -0.1) is 12.4 Å². The fraction of sp³-hybridized carbons (Fsp3) is 0.111. The quantitative estimate of drug-likeness (QED) is 0.768. The number of benzene rings is 1. The lowest BCUT2D eigenvalue weighted by Crippen LogP contribution is -2.10. The Morgan fingerprint density at radius 2 is 2.21 bits per heavy atom. The molecule has 0 bridgehead atoms. The monoisotopic (exact) mass is 211 g/mol. The number of primary amides is 1. The average molecular weight is 212 g/mol. The number of carbonyl (C=O) groups excluding carboxylic acids is 1. The van der Waals surface area contributed by atoms with Crippen molar-refractivity contribution in [2.24, 2.45) is 12.8 Å². The summed E-state index contributed by atoms with van der Waals surface area (Å²) >= 11 is 0. The normalized spacial score (nSPS) is 9.79. The van der Waals surface area contributed by atoms with E-state index in [9.17, 15) is 4.79 Å².